The number of nitrogens with one attached hydrogen (secondary N) is 1. The molecule has 1 aromatic carbocycles. The van der Waals surface area contributed by atoms with Crippen LogP contribution in [-0.4, -0.2) is 28.6 Å². The van der Waals surface area contributed by atoms with Crippen molar-refractivity contribution in [3.63, 3.8) is 0 Å². The molecule has 4 rings (SSSR count). The SMILES string of the molecule is COCOn1c(-c2cnc3[nH]ccc3c2)cc(-c2ccccc2)cc1=O. The van der Waals surface area contributed by atoms with Crippen molar-refractivity contribution < 1.29 is 9.57 Å². The van der Waals surface area contributed by atoms with Crippen molar-refractivity contribution in [2.24, 2.45) is 0 Å². The van der Waals surface area contributed by atoms with Crippen LogP contribution >= 0.6 is 0 Å². The van der Waals surface area contributed by atoms with Gasteiger partial charge >= 0.3 is 0 Å². The van der Waals surface area contributed by atoms with E-state index in [0.717, 1.165) is 27.7 Å². The third kappa shape index (κ3) is 2.98. The molecule has 0 spiro atoms. The number of methoxy groups -OCH3 is 1. The first kappa shape index (κ1) is 16.1. The van der Waals surface area contributed by atoms with E-state index in [9.17, 15) is 4.79 Å². The molecule has 1 N–H and O–H groups in total. The summed E-state index contributed by atoms with van der Waals surface area (Å²) < 4.78 is 6.20. The molecule has 0 amide bonds. The van der Waals surface area contributed by atoms with Crippen molar-refractivity contribution in [1.82, 2.24) is 14.7 Å². The first-order chi connectivity index (χ1) is 12.8. The van der Waals surface area contributed by atoms with Crippen molar-refractivity contribution in [2.45, 2.75) is 0 Å². The second-order valence-electron chi connectivity index (χ2n) is 5.80. The van der Waals surface area contributed by atoms with Gasteiger partial charge in [0, 0.05) is 36.5 Å². The van der Waals surface area contributed by atoms with Crippen LogP contribution in [0.3, 0.4) is 0 Å². The molecular formula is C20H17N3O3. The van der Waals surface area contributed by atoms with Gasteiger partial charge in [-0.25, -0.2) is 4.98 Å². The number of ether oxygens (including phenoxy) is 1. The maximum atomic E-state index is 12.7. The van der Waals surface area contributed by atoms with E-state index in [2.05, 4.69) is 9.97 Å². The predicted octanol–water partition coefficient (Wildman–Crippen LogP) is 3.09. The fourth-order valence-corrected chi connectivity index (χ4v) is 2.87. The Morgan fingerprint density at radius 2 is 1.88 bits per heavy atom. The van der Waals surface area contributed by atoms with Gasteiger partial charge in [0.1, 0.15) is 5.65 Å². The fraction of sp³-hybridized carbons (Fsp3) is 0.100. The van der Waals surface area contributed by atoms with Crippen LogP contribution in [0.5, 0.6) is 0 Å². The second kappa shape index (κ2) is 6.85. The highest BCUT2D eigenvalue weighted by Crippen LogP contribution is 2.26. The molecule has 0 aliphatic carbocycles. The number of aromatic amines is 1. The van der Waals surface area contributed by atoms with E-state index in [0.29, 0.717) is 5.69 Å². The number of pyridine rings is 2. The second-order valence-corrected chi connectivity index (χ2v) is 5.80. The molecule has 6 nitrogen and oxygen atoms in total. The van der Waals surface area contributed by atoms with Crippen LogP contribution in [0, 0.1) is 0 Å². The Labute approximate surface area is 149 Å². The van der Waals surface area contributed by atoms with E-state index < -0.39 is 0 Å². The van der Waals surface area contributed by atoms with Crippen molar-refractivity contribution in [1.29, 1.82) is 0 Å². The number of aromatic nitrogens is 3. The van der Waals surface area contributed by atoms with Crippen molar-refractivity contribution in [3.8, 4) is 22.4 Å². The molecule has 6 heteroatoms. The van der Waals surface area contributed by atoms with E-state index in [-0.39, 0.29) is 12.4 Å². The minimum absolute atomic E-state index is 0.0303. The summed E-state index contributed by atoms with van der Waals surface area (Å²) in [4.78, 5) is 25.7. The fourth-order valence-electron chi connectivity index (χ4n) is 2.87. The van der Waals surface area contributed by atoms with Gasteiger partial charge in [0.15, 0.2) is 0 Å². The summed E-state index contributed by atoms with van der Waals surface area (Å²) in [6.07, 6.45) is 3.55. The summed E-state index contributed by atoms with van der Waals surface area (Å²) in [6.45, 7) is -0.0303. The van der Waals surface area contributed by atoms with E-state index in [1.807, 2.05) is 54.7 Å². The first-order valence-electron chi connectivity index (χ1n) is 8.14. The average molecular weight is 347 g/mol. The lowest BCUT2D eigenvalue weighted by molar-refractivity contribution is -0.0400. The largest absolute Gasteiger partial charge is 0.382 e. The third-order valence-electron chi connectivity index (χ3n) is 4.09. The molecule has 3 heterocycles. The minimum atomic E-state index is -0.271. The van der Waals surface area contributed by atoms with E-state index in [1.54, 1.807) is 12.3 Å². The normalized spacial score (nSPS) is 11.0. The smallest absolute Gasteiger partial charge is 0.284 e. The van der Waals surface area contributed by atoms with Gasteiger partial charge in [0.25, 0.3) is 5.56 Å². The Bertz CT molecular complexity index is 1100. The molecule has 3 aromatic heterocycles. The molecule has 0 bridgehead atoms. The molecule has 0 radical (unpaired) electrons. The van der Waals surface area contributed by atoms with E-state index in [1.165, 1.54) is 11.8 Å². The Kier molecular flexibility index (Phi) is 4.25. The number of hydrogen-bond acceptors (Lipinski definition) is 4. The molecule has 0 aliphatic heterocycles. The predicted molar refractivity (Wildman–Crippen MR) is 99.7 cm³/mol. The van der Waals surface area contributed by atoms with Crippen LogP contribution < -0.4 is 10.4 Å². The lowest BCUT2D eigenvalue weighted by Crippen LogP contribution is -2.29. The lowest BCUT2D eigenvalue weighted by Gasteiger charge is -2.15. The van der Waals surface area contributed by atoms with Crippen LogP contribution in [0.1, 0.15) is 0 Å². The van der Waals surface area contributed by atoms with Crippen molar-refractivity contribution >= 4 is 11.0 Å². The zero-order valence-corrected chi connectivity index (χ0v) is 14.2. The first-order valence-corrected chi connectivity index (χ1v) is 8.14. The van der Waals surface area contributed by atoms with Crippen LogP contribution in [0.15, 0.2) is 71.8 Å². The molecule has 4 aromatic rings. The van der Waals surface area contributed by atoms with Gasteiger partial charge in [0.05, 0.1) is 5.69 Å². The maximum absolute atomic E-state index is 12.7. The molecule has 26 heavy (non-hydrogen) atoms. The maximum Gasteiger partial charge on any atom is 0.284 e. The number of fused-ring (bicyclic) bond motifs is 1. The molecule has 0 atom stereocenters. The van der Waals surface area contributed by atoms with Crippen LogP contribution in [0.4, 0.5) is 0 Å². The molecule has 0 saturated carbocycles. The molecule has 0 fully saturated rings. The third-order valence-corrected chi connectivity index (χ3v) is 4.09. The summed E-state index contributed by atoms with van der Waals surface area (Å²) in [5.74, 6) is 0. The standard InChI is InChI=1S/C20H17N3O3/c1-25-13-26-23-18(17-9-15-7-8-21-20(15)22-12-17)10-16(11-19(23)24)14-5-3-2-4-6-14/h2-12H,13H2,1H3,(H,21,22). The van der Waals surface area contributed by atoms with Gasteiger partial charge in [-0.05, 0) is 29.3 Å². The van der Waals surface area contributed by atoms with Gasteiger partial charge in [-0.15, -0.1) is 4.73 Å². The van der Waals surface area contributed by atoms with Crippen molar-refractivity contribution in [2.75, 3.05) is 13.9 Å². The summed E-state index contributed by atoms with van der Waals surface area (Å²) in [6, 6.07) is 17.1. The van der Waals surface area contributed by atoms with E-state index in [4.69, 9.17) is 9.57 Å². The molecule has 0 saturated heterocycles. The summed E-state index contributed by atoms with van der Waals surface area (Å²) in [5, 5.41) is 0.957. The lowest BCUT2D eigenvalue weighted by atomic mass is 10.0. The Morgan fingerprint density at radius 1 is 1.04 bits per heavy atom. The number of rotatable bonds is 5. The highest BCUT2D eigenvalue weighted by atomic mass is 16.8. The monoisotopic (exact) mass is 347 g/mol. The Hall–Kier alpha value is -3.38. The van der Waals surface area contributed by atoms with Gasteiger partial charge < -0.3 is 14.6 Å². The van der Waals surface area contributed by atoms with Crippen LogP contribution in [0.2, 0.25) is 0 Å². The highest BCUT2D eigenvalue weighted by molar-refractivity contribution is 5.81. The number of H-pyrrole nitrogens is 1. The quantitative estimate of drug-likeness (QED) is 0.563. The number of hydrogen-bond donors (Lipinski definition) is 1. The van der Waals surface area contributed by atoms with E-state index >= 15 is 0 Å². The van der Waals surface area contributed by atoms with Crippen LogP contribution in [-0.2, 0) is 4.74 Å². The van der Waals surface area contributed by atoms with Gasteiger partial charge in [-0.1, -0.05) is 30.3 Å². The van der Waals surface area contributed by atoms with Gasteiger partial charge in [-0.2, -0.15) is 0 Å². The Morgan fingerprint density at radius 3 is 2.69 bits per heavy atom. The summed E-state index contributed by atoms with van der Waals surface area (Å²) in [5.41, 5.74) is 3.69. The minimum Gasteiger partial charge on any atom is -0.382 e. The van der Waals surface area contributed by atoms with Gasteiger partial charge in [0.2, 0.25) is 6.79 Å². The molecule has 0 unspecified atom stereocenters. The zero-order chi connectivity index (χ0) is 17.9. The zero-order valence-electron chi connectivity index (χ0n) is 14.2. The molecule has 0 aliphatic rings. The number of benzene rings is 1. The van der Waals surface area contributed by atoms with Crippen LogP contribution in [0.25, 0.3) is 33.4 Å². The molecular weight excluding hydrogens is 330 g/mol. The molecule has 130 valence electrons. The van der Waals surface area contributed by atoms with Crippen molar-refractivity contribution in [3.05, 3.63) is 77.3 Å². The topological polar surface area (TPSA) is 69.1 Å². The average Bonchev–Trinajstić information content (AvgIpc) is 3.15. The summed E-state index contributed by atoms with van der Waals surface area (Å²) in [7, 11) is 1.51. The van der Waals surface area contributed by atoms with Gasteiger partial charge in [-0.3, -0.25) is 4.79 Å². The Balaban J connectivity index is 1.91. The highest BCUT2D eigenvalue weighted by Gasteiger charge is 2.13. The number of nitrogens with zero attached hydrogens (tertiary/aromatic N) is 2. The summed E-state index contributed by atoms with van der Waals surface area (Å²) >= 11 is 0.